The molecule has 4 rings (SSSR count). The maximum absolute atomic E-state index is 13.4. The van der Waals surface area contributed by atoms with Gasteiger partial charge in [-0.1, -0.05) is 48.6 Å². The molecule has 0 amide bonds. The lowest BCUT2D eigenvalue weighted by Gasteiger charge is -2.29. The number of benzene rings is 2. The first-order chi connectivity index (χ1) is 12.0. The summed E-state index contributed by atoms with van der Waals surface area (Å²) in [6, 6.07) is 16.5. The van der Waals surface area contributed by atoms with Gasteiger partial charge in [0.2, 0.25) is 0 Å². The van der Waals surface area contributed by atoms with Crippen LogP contribution in [-0.2, 0) is 23.5 Å². The van der Waals surface area contributed by atoms with Crippen molar-refractivity contribution in [3.63, 3.8) is 0 Å². The summed E-state index contributed by atoms with van der Waals surface area (Å²) in [5, 5.41) is 1.10. The summed E-state index contributed by atoms with van der Waals surface area (Å²) in [6.45, 7) is 1.92. The maximum Gasteiger partial charge on any atom is 0.265 e. The zero-order valence-corrected chi connectivity index (χ0v) is 15.1. The van der Waals surface area contributed by atoms with Crippen LogP contribution in [-0.4, -0.2) is 19.0 Å². The van der Waals surface area contributed by atoms with Crippen LogP contribution in [0.4, 0.5) is 5.82 Å². The molecule has 1 aliphatic heterocycles. The fraction of sp³-hybridized carbons (Fsp3) is 0.200. The third kappa shape index (κ3) is 2.38. The second-order valence-corrected chi connectivity index (χ2v) is 8.18. The summed E-state index contributed by atoms with van der Waals surface area (Å²) < 4.78 is 30.4. The quantitative estimate of drug-likeness (QED) is 0.657. The SMILES string of the molecule is CC1C=CCc2c(n(C)c3ccccc23)N1S(=O)(=O)c1ccccc1. The molecule has 1 unspecified atom stereocenters. The number of rotatable bonds is 2. The van der Waals surface area contributed by atoms with Crippen LogP contribution < -0.4 is 4.31 Å². The van der Waals surface area contributed by atoms with Crippen LogP contribution in [0, 0.1) is 0 Å². The minimum Gasteiger partial charge on any atom is -0.329 e. The van der Waals surface area contributed by atoms with Crippen molar-refractivity contribution in [2.75, 3.05) is 4.31 Å². The van der Waals surface area contributed by atoms with E-state index >= 15 is 0 Å². The lowest BCUT2D eigenvalue weighted by atomic mass is 10.1. The lowest BCUT2D eigenvalue weighted by Crippen LogP contribution is -2.38. The highest BCUT2D eigenvalue weighted by atomic mass is 32.2. The minimum absolute atomic E-state index is 0.255. The van der Waals surface area contributed by atoms with E-state index in [1.54, 1.807) is 28.6 Å². The molecule has 0 N–H and O–H groups in total. The van der Waals surface area contributed by atoms with Crippen molar-refractivity contribution in [2.24, 2.45) is 7.05 Å². The smallest absolute Gasteiger partial charge is 0.265 e. The molecule has 4 nitrogen and oxygen atoms in total. The van der Waals surface area contributed by atoms with Gasteiger partial charge in [-0.05, 0) is 31.5 Å². The van der Waals surface area contributed by atoms with Crippen LogP contribution in [0.25, 0.3) is 10.9 Å². The van der Waals surface area contributed by atoms with Gasteiger partial charge in [0.1, 0.15) is 5.82 Å². The van der Waals surface area contributed by atoms with Crippen LogP contribution in [0.5, 0.6) is 0 Å². The molecule has 1 aromatic heterocycles. The molecule has 0 spiro atoms. The topological polar surface area (TPSA) is 42.3 Å². The number of aryl methyl sites for hydroxylation is 1. The molecule has 25 heavy (non-hydrogen) atoms. The summed E-state index contributed by atoms with van der Waals surface area (Å²) in [7, 11) is -1.72. The molecule has 1 atom stereocenters. The molecule has 0 aliphatic carbocycles. The van der Waals surface area contributed by atoms with Crippen LogP contribution >= 0.6 is 0 Å². The van der Waals surface area contributed by atoms with Gasteiger partial charge < -0.3 is 4.57 Å². The van der Waals surface area contributed by atoms with Gasteiger partial charge in [-0.15, -0.1) is 0 Å². The van der Waals surface area contributed by atoms with Crippen molar-refractivity contribution in [3.8, 4) is 0 Å². The molecule has 0 fully saturated rings. The molecule has 2 heterocycles. The molecular weight excluding hydrogens is 332 g/mol. The predicted molar refractivity (Wildman–Crippen MR) is 101 cm³/mol. The third-order valence-electron chi connectivity index (χ3n) is 4.79. The number of hydrogen-bond donors (Lipinski definition) is 0. The molecule has 2 aromatic carbocycles. The predicted octanol–water partition coefficient (Wildman–Crippen LogP) is 3.87. The van der Waals surface area contributed by atoms with Crippen LogP contribution in [0.1, 0.15) is 12.5 Å². The van der Waals surface area contributed by atoms with E-state index in [0.717, 1.165) is 28.7 Å². The summed E-state index contributed by atoms with van der Waals surface area (Å²) in [5.74, 6) is 0.752. The molecule has 3 aromatic rings. The van der Waals surface area contributed by atoms with Gasteiger partial charge >= 0.3 is 0 Å². The Labute approximate surface area is 148 Å². The van der Waals surface area contributed by atoms with Crippen molar-refractivity contribution in [2.45, 2.75) is 24.3 Å². The number of allylic oxidation sites excluding steroid dienone is 1. The number of hydrogen-bond acceptors (Lipinski definition) is 2. The monoisotopic (exact) mass is 352 g/mol. The summed E-state index contributed by atoms with van der Waals surface area (Å²) in [5.41, 5.74) is 2.10. The Morgan fingerprint density at radius 2 is 1.68 bits per heavy atom. The average molecular weight is 352 g/mol. The fourth-order valence-electron chi connectivity index (χ4n) is 3.63. The third-order valence-corrected chi connectivity index (χ3v) is 6.68. The zero-order chi connectivity index (χ0) is 17.6. The van der Waals surface area contributed by atoms with Gasteiger partial charge in [0.05, 0.1) is 10.9 Å². The molecule has 0 saturated heterocycles. The van der Waals surface area contributed by atoms with E-state index in [1.807, 2.05) is 48.9 Å². The van der Waals surface area contributed by atoms with Gasteiger partial charge in [-0.25, -0.2) is 12.7 Å². The lowest BCUT2D eigenvalue weighted by molar-refractivity contribution is 0.586. The number of sulfonamides is 1. The molecule has 0 bridgehead atoms. The first kappa shape index (κ1) is 16.0. The van der Waals surface area contributed by atoms with Gasteiger partial charge in [0.15, 0.2) is 0 Å². The Kier molecular flexibility index (Phi) is 3.69. The molecule has 0 radical (unpaired) electrons. The number of anilines is 1. The van der Waals surface area contributed by atoms with Crippen molar-refractivity contribution in [3.05, 3.63) is 72.3 Å². The Balaban J connectivity index is 2.03. The number of fused-ring (bicyclic) bond motifs is 3. The molecule has 0 saturated carbocycles. The Bertz CT molecular complexity index is 1070. The minimum atomic E-state index is -3.66. The van der Waals surface area contributed by atoms with E-state index < -0.39 is 10.0 Å². The van der Waals surface area contributed by atoms with Crippen molar-refractivity contribution in [1.29, 1.82) is 0 Å². The van der Waals surface area contributed by atoms with Crippen molar-refractivity contribution < 1.29 is 8.42 Å². The van der Waals surface area contributed by atoms with Gasteiger partial charge in [-0.3, -0.25) is 0 Å². The van der Waals surface area contributed by atoms with Gasteiger partial charge in [0.25, 0.3) is 10.0 Å². The second-order valence-electron chi connectivity index (χ2n) is 6.37. The van der Waals surface area contributed by atoms with Crippen LogP contribution in [0.3, 0.4) is 0 Å². The summed E-state index contributed by atoms with van der Waals surface area (Å²) in [4.78, 5) is 0.313. The highest BCUT2D eigenvalue weighted by Gasteiger charge is 2.34. The second kappa shape index (κ2) is 5.77. The van der Waals surface area contributed by atoms with E-state index in [1.165, 1.54) is 0 Å². The standard InChI is InChI=1S/C20H20N2O2S/c1-15-9-8-13-18-17-12-6-7-14-19(17)21(2)20(18)22(15)25(23,24)16-10-4-3-5-11-16/h3-12,14-15H,13H2,1-2H3. The van der Waals surface area contributed by atoms with Crippen LogP contribution in [0.2, 0.25) is 0 Å². The first-order valence-corrected chi connectivity index (χ1v) is 9.78. The summed E-state index contributed by atoms with van der Waals surface area (Å²) in [6.07, 6.45) is 4.76. The van der Waals surface area contributed by atoms with Crippen LogP contribution in [0.15, 0.2) is 71.6 Å². The molecule has 1 aliphatic rings. The molecule has 5 heteroatoms. The highest BCUT2D eigenvalue weighted by molar-refractivity contribution is 7.92. The van der Waals surface area contributed by atoms with E-state index in [4.69, 9.17) is 0 Å². The largest absolute Gasteiger partial charge is 0.329 e. The maximum atomic E-state index is 13.4. The van der Waals surface area contributed by atoms with E-state index in [0.29, 0.717) is 4.90 Å². The first-order valence-electron chi connectivity index (χ1n) is 8.34. The number of nitrogens with zero attached hydrogens (tertiary/aromatic N) is 2. The Morgan fingerprint density at radius 3 is 2.44 bits per heavy atom. The highest BCUT2D eigenvalue weighted by Crippen LogP contribution is 2.38. The molecule has 128 valence electrons. The van der Waals surface area contributed by atoms with E-state index in [2.05, 4.69) is 12.1 Å². The average Bonchev–Trinajstić information content (AvgIpc) is 2.78. The number of para-hydroxylation sites is 1. The fourth-order valence-corrected chi connectivity index (χ4v) is 5.33. The van der Waals surface area contributed by atoms with Gasteiger partial charge in [-0.2, -0.15) is 0 Å². The summed E-state index contributed by atoms with van der Waals surface area (Å²) >= 11 is 0. The molecular formula is C20H20N2O2S. The van der Waals surface area contributed by atoms with E-state index in [9.17, 15) is 8.42 Å². The van der Waals surface area contributed by atoms with Crippen molar-refractivity contribution in [1.82, 2.24) is 4.57 Å². The van der Waals surface area contributed by atoms with Crippen molar-refractivity contribution >= 4 is 26.7 Å². The zero-order valence-electron chi connectivity index (χ0n) is 14.3. The Hall–Kier alpha value is -2.53. The van der Waals surface area contributed by atoms with E-state index in [-0.39, 0.29) is 6.04 Å². The Morgan fingerprint density at radius 1 is 1.00 bits per heavy atom. The number of aromatic nitrogens is 1. The normalized spacial score (nSPS) is 17.5. The van der Waals surface area contributed by atoms with Gasteiger partial charge in [0, 0.05) is 23.5 Å².